The van der Waals surface area contributed by atoms with Crippen LogP contribution in [-0.4, -0.2) is 23.8 Å². The van der Waals surface area contributed by atoms with Crippen molar-refractivity contribution in [2.75, 3.05) is 6.61 Å². The van der Waals surface area contributed by atoms with Gasteiger partial charge in [0, 0.05) is 6.61 Å². The number of aliphatic carboxylic acids is 1. The quantitative estimate of drug-likeness (QED) is 0.626. The van der Waals surface area contributed by atoms with Crippen LogP contribution >= 0.6 is 0 Å². The molecule has 0 aromatic heterocycles. The number of carbonyl (C=O) groups is 1. The zero-order valence-corrected chi connectivity index (χ0v) is 6.04. The number of ether oxygens (including phenoxy) is 1. The molecule has 0 saturated carbocycles. The highest BCUT2D eigenvalue weighted by Crippen LogP contribution is 2.23. The van der Waals surface area contributed by atoms with Gasteiger partial charge in [-0.05, 0) is 12.3 Å². The smallest absolute Gasteiger partial charge is 0.333 e. The minimum atomic E-state index is -0.815. The predicted molar refractivity (Wildman–Crippen MR) is 35.8 cm³/mol. The van der Waals surface area contributed by atoms with Gasteiger partial charge in [0.05, 0.1) is 0 Å². The molecule has 0 amide bonds. The summed E-state index contributed by atoms with van der Waals surface area (Å²) in [7, 11) is 0. The van der Waals surface area contributed by atoms with Gasteiger partial charge >= 0.3 is 5.97 Å². The standard InChI is InChI=1S/C7H12O3/c1-2-5-3-4-10-6(5)7(8)9/h5-6H,2-4H2,1H3,(H,8,9). The summed E-state index contributed by atoms with van der Waals surface area (Å²) in [4.78, 5) is 10.4. The summed E-state index contributed by atoms with van der Waals surface area (Å²) in [5.41, 5.74) is 0. The maximum absolute atomic E-state index is 10.4. The van der Waals surface area contributed by atoms with Gasteiger partial charge in [0.1, 0.15) is 0 Å². The Morgan fingerprint density at radius 3 is 2.90 bits per heavy atom. The lowest BCUT2D eigenvalue weighted by atomic mass is 9.99. The zero-order valence-electron chi connectivity index (χ0n) is 6.04. The molecule has 2 atom stereocenters. The first-order valence-corrected chi connectivity index (χ1v) is 3.60. The second-order valence-corrected chi connectivity index (χ2v) is 2.59. The van der Waals surface area contributed by atoms with E-state index in [4.69, 9.17) is 9.84 Å². The van der Waals surface area contributed by atoms with Gasteiger partial charge in [0.25, 0.3) is 0 Å². The van der Waals surface area contributed by atoms with Gasteiger partial charge < -0.3 is 9.84 Å². The molecule has 0 radical (unpaired) electrons. The molecule has 1 aliphatic heterocycles. The zero-order chi connectivity index (χ0) is 7.56. The van der Waals surface area contributed by atoms with Gasteiger partial charge in [-0.3, -0.25) is 0 Å². The molecule has 2 unspecified atom stereocenters. The third kappa shape index (κ3) is 1.29. The van der Waals surface area contributed by atoms with E-state index in [1.165, 1.54) is 0 Å². The van der Waals surface area contributed by atoms with Crippen LogP contribution in [0.1, 0.15) is 19.8 Å². The number of carboxylic acids is 1. The Labute approximate surface area is 60.0 Å². The van der Waals surface area contributed by atoms with E-state index in [0.717, 1.165) is 12.8 Å². The van der Waals surface area contributed by atoms with E-state index < -0.39 is 12.1 Å². The molecular weight excluding hydrogens is 132 g/mol. The van der Waals surface area contributed by atoms with Gasteiger partial charge in [-0.2, -0.15) is 0 Å². The minimum absolute atomic E-state index is 0.234. The van der Waals surface area contributed by atoms with Crippen molar-refractivity contribution in [3.63, 3.8) is 0 Å². The van der Waals surface area contributed by atoms with Crippen molar-refractivity contribution in [1.82, 2.24) is 0 Å². The van der Waals surface area contributed by atoms with E-state index in [0.29, 0.717) is 6.61 Å². The summed E-state index contributed by atoms with van der Waals surface area (Å²) in [5, 5.41) is 8.59. The summed E-state index contributed by atoms with van der Waals surface area (Å²) in [6.45, 7) is 2.60. The summed E-state index contributed by atoms with van der Waals surface area (Å²) in [5.74, 6) is -0.582. The SMILES string of the molecule is CCC1CCOC1C(=O)O. The van der Waals surface area contributed by atoms with Crippen molar-refractivity contribution in [1.29, 1.82) is 0 Å². The fourth-order valence-electron chi connectivity index (χ4n) is 1.32. The number of carboxylic acid groups (broad SMARTS) is 1. The molecule has 0 aliphatic carbocycles. The highest BCUT2D eigenvalue weighted by molar-refractivity contribution is 5.73. The average Bonchev–Trinajstić information content (AvgIpc) is 2.33. The summed E-state index contributed by atoms with van der Waals surface area (Å²) in [6, 6.07) is 0. The fraction of sp³-hybridized carbons (Fsp3) is 0.857. The van der Waals surface area contributed by atoms with Crippen LogP contribution < -0.4 is 0 Å². The molecule has 1 fully saturated rings. The Hall–Kier alpha value is -0.570. The first-order valence-electron chi connectivity index (χ1n) is 3.60. The van der Waals surface area contributed by atoms with E-state index in [2.05, 4.69) is 0 Å². The normalized spacial score (nSPS) is 32.5. The van der Waals surface area contributed by atoms with Crippen molar-refractivity contribution in [3.8, 4) is 0 Å². The Morgan fingerprint density at radius 1 is 1.80 bits per heavy atom. The summed E-state index contributed by atoms with van der Waals surface area (Å²) < 4.78 is 5.02. The largest absolute Gasteiger partial charge is 0.479 e. The number of hydrogen-bond donors (Lipinski definition) is 1. The first kappa shape index (κ1) is 7.54. The van der Waals surface area contributed by atoms with Crippen molar-refractivity contribution >= 4 is 5.97 Å². The van der Waals surface area contributed by atoms with Crippen molar-refractivity contribution in [2.45, 2.75) is 25.9 Å². The van der Waals surface area contributed by atoms with E-state index in [-0.39, 0.29) is 5.92 Å². The molecule has 1 rings (SSSR count). The summed E-state index contributed by atoms with van der Waals surface area (Å²) >= 11 is 0. The molecule has 1 aliphatic rings. The lowest BCUT2D eigenvalue weighted by Gasteiger charge is -2.10. The third-order valence-electron chi connectivity index (χ3n) is 1.98. The number of rotatable bonds is 2. The van der Waals surface area contributed by atoms with Crippen LogP contribution in [-0.2, 0) is 9.53 Å². The molecule has 1 heterocycles. The molecule has 58 valence electrons. The maximum Gasteiger partial charge on any atom is 0.333 e. The highest BCUT2D eigenvalue weighted by atomic mass is 16.5. The lowest BCUT2D eigenvalue weighted by molar-refractivity contribution is -0.149. The van der Waals surface area contributed by atoms with Crippen LogP contribution in [0.2, 0.25) is 0 Å². The molecule has 0 spiro atoms. The Balaban J connectivity index is 2.50. The van der Waals surface area contributed by atoms with Crippen LogP contribution in [0.3, 0.4) is 0 Å². The third-order valence-corrected chi connectivity index (χ3v) is 1.98. The molecule has 0 aromatic rings. The molecule has 0 bridgehead atoms. The van der Waals surface area contributed by atoms with Crippen molar-refractivity contribution in [3.05, 3.63) is 0 Å². The topological polar surface area (TPSA) is 46.5 Å². The molecule has 3 nitrogen and oxygen atoms in total. The van der Waals surface area contributed by atoms with Crippen LogP contribution in [0, 0.1) is 5.92 Å². The van der Waals surface area contributed by atoms with Crippen LogP contribution in [0.4, 0.5) is 0 Å². The van der Waals surface area contributed by atoms with Gasteiger partial charge in [0.2, 0.25) is 0 Å². The Kier molecular flexibility index (Phi) is 2.27. The highest BCUT2D eigenvalue weighted by Gasteiger charge is 2.32. The van der Waals surface area contributed by atoms with Gasteiger partial charge in [-0.15, -0.1) is 0 Å². The molecule has 0 aromatic carbocycles. The monoisotopic (exact) mass is 144 g/mol. The number of hydrogen-bond acceptors (Lipinski definition) is 2. The second-order valence-electron chi connectivity index (χ2n) is 2.59. The molecule has 1 saturated heterocycles. The van der Waals surface area contributed by atoms with Crippen LogP contribution in [0.15, 0.2) is 0 Å². The maximum atomic E-state index is 10.4. The van der Waals surface area contributed by atoms with Gasteiger partial charge in [-0.25, -0.2) is 4.79 Å². The lowest BCUT2D eigenvalue weighted by Crippen LogP contribution is -2.25. The Morgan fingerprint density at radius 2 is 2.50 bits per heavy atom. The van der Waals surface area contributed by atoms with E-state index in [1.54, 1.807) is 0 Å². The van der Waals surface area contributed by atoms with Crippen molar-refractivity contribution < 1.29 is 14.6 Å². The molecule has 1 N–H and O–H groups in total. The molecular formula is C7H12O3. The second kappa shape index (κ2) is 3.01. The first-order chi connectivity index (χ1) is 4.75. The van der Waals surface area contributed by atoms with E-state index >= 15 is 0 Å². The minimum Gasteiger partial charge on any atom is -0.479 e. The Bertz CT molecular complexity index is 133. The van der Waals surface area contributed by atoms with Crippen molar-refractivity contribution in [2.24, 2.45) is 5.92 Å². The van der Waals surface area contributed by atoms with Gasteiger partial charge in [-0.1, -0.05) is 13.3 Å². The molecule has 3 heteroatoms. The molecule has 10 heavy (non-hydrogen) atoms. The average molecular weight is 144 g/mol. The summed E-state index contributed by atoms with van der Waals surface area (Å²) in [6.07, 6.45) is 1.26. The predicted octanol–water partition coefficient (Wildman–Crippen LogP) is 0.886. The van der Waals surface area contributed by atoms with Crippen LogP contribution in [0.25, 0.3) is 0 Å². The fourth-order valence-corrected chi connectivity index (χ4v) is 1.32. The van der Waals surface area contributed by atoms with E-state index in [1.807, 2.05) is 6.92 Å². The van der Waals surface area contributed by atoms with E-state index in [9.17, 15) is 4.79 Å². The van der Waals surface area contributed by atoms with Gasteiger partial charge in [0.15, 0.2) is 6.10 Å². The van der Waals surface area contributed by atoms with Crippen LogP contribution in [0.5, 0.6) is 0 Å².